The Bertz CT molecular complexity index is 751. The van der Waals surface area contributed by atoms with Crippen LogP contribution in [0.4, 0.5) is 11.6 Å². The molecule has 3 aromatic rings. The van der Waals surface area contributed by atoms with E-state index in [9.17, 15) is 5.11 Å². The van der Waals surface area contributed by atoms with Crippen LogP contribution in [0.15, 0.2) is 30.7 Å². The first-order valence-corrected chi connectivity index (χ1v) is 6.26. The number of rotatable bonds is 3. The van der Waals surface area contributed by atoms with Gasteiger partial charge in [-0.1, -0.05) is 0 Å². The first-order valence-electron chi connectivity index (χ1n) is 6.26. The summed E-state index contributed by atoms with van der Waals surface area (Å²) in [5.41, 5.74) is 0.747. The molecule has 20 heavy (non-hydrogen) atoms. The van der Waals surface area contributed by atoms with E-state index in [1.807, 2.05) is 13.8 Å². The SMILES string of the molecule is CC(C)n1ncc(Nc2ncnc3ccc(O)cc23)n1. The third kappa shape index (κ3) is 2.25. The normalized spacial score (nSPS) is 11.2. The molecule has 102 valence electrons. The summed E-state index contributed by atoms with van der Waals surface area (Å²) in [5.74, 6) is 1.35. The largest absolute Gasteiger partial charge is 0.508 e. The van der Waals surface area contributed by atoms with Crippen LogP contribution in [-0.2, 0) is 0 Å². The zero-order chi connectivity index (χ0) is 14.1. The Morgan fingerprint density at radius 1 is 1.25 bits per heavy atom. The number of aromatic nitrogens is 5. The Hall–Kier alpha value is -2.70. The molecule has 7 heteroatoms. The summed E-state index contributed by atoms with van der Waals surface area (Å²) in [6.45, 7) is 4.00. The maximum Gasteiger partial charge on any atom is 0.174 e. The number of nitrogens with one attached hydrogen (secondary N) is 1. The molecule has 0 spiro atoms. The van der Waals surface area contributed by atoms with Gasteiger partial charge in [-0.15, -0.1) is 5.10 Å². The van der Waals surface area contributed by atoms with Crippen molar-refractivity contribution in [1.29, 1.82) is 0 Å². The molecule has 2 heterocycles. The first-order chi connectivity index (χ1) is 9.63. The molecule has 0 aliphatic heterocycles. The molecule has 0 saturated heterocycles. The van der Waals surface area contributed by atoms with Gasteiger partial charge in [0.1, 0.15) is 17.9 Å². The van der Waals surface area contributed by atoms with Crippen molar-refractivity contribution in [3.8, 4) is 5.75 Å². The fourth-order valence-electron chi connectivity index (χ4n) is 1.85. The summed E-state index contributed by atoms with van der Waals surface area (Å²) in [6.07, 6.45) is 3.10. The summed E-state index contributed by atoms with van der Waals surface area (Å²) in [7, 11) is 0. The third-order valence-corrected chi connectivity index (χ3v) is 2.84. The molecule has 1 aromatic carbocycles. The molecule has 3 rings (SSSR count). The average Bonchev–Trinajstić information content (AvgIpc) is 2.88. The maximum absolute atomic E-state index is 9.58. The van der Waals surface area contributed by atoms with Gasteiger partial charge in [0.2, 0.25) is 0 Å². The van der Waals surface area contributed by atoms with Crippen molar-refractivity contribution >= 4 is 22.5 Å². The highest BCUT2D eigenvalue weighted by Crippen LogP contribution is 2.25. The number of aromatic hydroxyl groups is 1. The van der Waals surface area contributed by atoms with E-state index in [2.05, 4.69) is 25.5 Å². The lowest BCUT2D eigenvalue weighted by Gasteiger charge is -2.06. The molecule has 0 bridgehead atoms. The highest BCUT2D eigenvalue weighted by atomic mass is 16.3. The maximum atomic E-state index is 9.58. The number of nitrogens with zero attached hydrogens (tertiary/aromatic N) is 5. The summed E-state index contributed by atoms with van der Waals surface area (Å²) in [4.78, 5) is 9.96. The predicted octanol–water partition coefficient (Wildman–Crippen LogP) is 2.25. The molecule has 0 aliphatic carbocycles. The molecule has 0 atom stereocenters. The van der Waals surface area contributed by atoms with Crippen molar-refractivity contribution in [2.24, 2.45) is 0 Å². The van der Waals surface area contributed by atoms with Crippen LogP contribution in [0.5, 0.6) is 5.75 Å². The number of hydrogen-bond donors (Lipinski definition) is 2. The Morgan fingerprint density at radius 3 is 2.85 bits per heavy atom. The van der Waals surface area contributed by atoms with E-state index in [1.54, 1.807) is 29.2 Å². The molecule has 0 unspecified atom stereocenters. The van der Waals surface area contributed by atoms with Crippen LogP contribution < -0.4 is 5.32 Å². The van der Waals surface area contributed by atoms with Gasteiger partial charge in [0.25, 0.3) is 0 Å². The molecule has 0 radical (unpaired) electrons. The topological polar surface area (TPSA) is 88.8 Å². The van der Waals surface area contributed by atoms with E-state index in [0.717, 1.165) is 10.9 Å². The van der Waals surface area contributed by atoms with Gasteiger partial charge in [-0.05, 0) is 32.0 Å². The third-order valence-electron chi connectivity index (χ3n) is 2.84. The Labute approximate surface area is 115 Å². The number of phenols is 1. The van der Waals surface area contributed by atoms with Gasteiger partial charge in [0, 0.05) is 5.39 Å². The lowest BCUT2D eigenvalue weighted by Crippen LogP contribution is -2.05. The van der Waals surface area contributed by atoms with Gasteiger partial charge in [0.05, 0.1) is 17.8 Å². The second-order valence-electron chi connectivity index (χ2n) is 4.69. The lowest BCUT2D eigenvalue weighted by molar-refractivity contribution is 0.467. The molecule has 0 aliphatic rings. The summed E-state index contributed by atoms with van der Waals surface area (Å²) < 4.78 is 0. The average molecular weight is 270 g/mol. The van der Waals surface area contributed by atoms with Crippen LogP contribution >= 0.6 is 0 Å². The minimum atomic E-state index is 0.168. The highest BCUT2D eigenvalue weighted by molar-refractivity contribution is 5.91. The van der Waals surface area contributed by atoms with Gasteiger partial charge in [-0.3, -0.25) is 0 Å². The number of anilines is 2. The van der Waals surface area contributed by atoms with Crippen molar-refractivity contribution in [1.82, 2.24) is 25.0 Å². The summed E-state index contributed by atoms with van der Waals surface area (Å²) >= 11 is 0. The van der Waals surface area contributed by atoms with Crippen LogP contribution in [0, 0.1) is 0 Å². The Kier molecular flexibility index (Phi) is 2.94. The number of hydrogen-bond acceptors (Lipinski definition) is 6. The van der Waals surface area contributed by atoms with Crippen LogP contribution in [0.2, 0.25) is 0 Å². The number of fused-ring (bicyclic) bond motifs is 1. The van der Waals surface area contributed by atoms with Crippen LogP contribution in [-0.4, -0.2) is 30.1 Å². The molecule has 0 saturated carbocycles. The number of phenolic OH excluding ortho intramolecular Hbond substituents is 1. The van der Waals surface area contributed by atoms with Gasteiger partial charge < -0.3 is 10.4 Å². The summed E-state index contributed by atoms with van der Waals surface area (Å²) in [5, 5.41) is 21.9. The van der Waals surface area contributed by atoms with Crippen molar-refractivity contribution in [2.75, 3.05) is 5.32 Å². The first kappa shape index (κ1) is 12.3. The molecule has 0 fully saturated rings. The van der Waals surface area contributed by atoms with Crippen LogP contribution in [0.1, 0.15) is 19.9 Å². The van der Waals surface area contributed by atoms with Crippen LogP contribution in [0.25, 0.3) is 10.9 Å². The van der Waals surface area contributed by atoms with Crippen molar-refractivity contribution in [3.63, 3.8) is 0 Å². The Morgan fingerprint density at radius 2 is 2.10 bits per heavy atom. The van der Waals surface area contributed by atoms with E-state index in [-0.39, 0.29) is 11.8 Å². The molecule has 2 N–H and O–H groups in total. The van der Waals surface area contributed by atoms with E-state index in [1.165, 1.54) is 6.33 Å². The quantitative estimate of drug-likeness (QED) is 0.758. The smallest absolute Gasteiger partial charge is 0.174 e. The fourth-order valence-corrected chi connectivity index (χ4v) is 1.85. The van der Waals surface area contributed by atoms with E-state index in [4.69, 9.17) is 0 Å². The molecular weight excluding hydrogens is 256 g/mol. The molecule has 2 aromatic heterocycles. The van der Waals surface area contributed by atoms with Crippen molar-refractivity contribution < 1.29 is 5.11 Å². The highest BCUT2D eigenvalue weighted by Gasteiger charge is 2.08. The van der Waals surface area contributed by atoms with E-state index >= 15 is 0 Å². The Balaban J connectivity index is 1.99. The molecule has 7 nitrogen and oxygen atoms in total. The fraction of sp³-hybridized carbons (Fsp3) is 0.231. The lowest BCUT2D eigenvalue weighted by atomic mass is 10.2. The van der Waals surface area contributed by atoms with Crippen molar-refractivity contribution in [3.05, 3.63) is 30.7 Å². The van der Waals surface area contributed by atoms with Gasteiger partial charge in [0.15, 0.2) is 5.82 Å². The second kappa shape index (κ2) is 4.76. The second-order valence-corrected chi connectivity index (χ2v) is 4.69. The molecule has 0 amide bonds. The zero-order valence-corrected chi connectivity index (χ0v) is 11.1. The van der Waals surface area contributed by atoms with E-state index < -0.39 is 0 Å². The minimum absolute atomic E-state index is 0.168. The van der Waals surface area contributed by atoms with Gasteiger partial charge in [-0.25, -0.2) is 9.97 Å². The summed E-state index contributed by atoms with van der Waals surface area (Å²) in [6, 6.07) is 5.14. The predicted molar refractivity (Wildman–Crippen MR) is 74.9 cm³/mol. The van der Waals surface area contributed by atoms with Gasteiger partial charge >= 0.3 is 0 Å². The van der Waals surface area contributed by atoms with E-state index in [0.29, 0.717) is 11.6 Å². The monoisotopic (exact) mass is 270 g/mol. The number of benzene rings is 1. The zero-order valence-electron chi connectivity index (χ0n) is 11.1. The minimum Gasteiger partial charge on any atom is -0.508 e. The van der Waals surface area contributed by atoms with Crippen molar-refractivity contribution in [2.45, 2.75) is 19.9 Å². The standard InChI is InChI=1S/C13H14N6O/c1-8(2)19-16-6-12(18-19)17-13-10-5-9(20)3-4-11(10)14-7-15-13/h3-8,20H,1-2H3,(H,14,15,17,18). The van der Waals surface area contributed by atoms with Gasteiger partial charge in [-0.2, -0.15) is 9.90 Å². The van der Waals surface area contributed by atoms with Crippen LogP contribution in [0.3, 0.4) is 0 Å². The molecular formula is C13H14N6O.